The van der Waals surface area contributed by atoms with Gasteiger partial charge in [-0.2, -0.15) is 4.90 Å². The summed E-state index contributed by atoms with van der Waals surface area (Å²) >= 11 is 1.93. The van der Waals surface area contributed by atoms with E-state index >= 15 is 0 Å². The van der Waals surface area contributed by atoms with Crippen molar-refractivity contribution in [2.75, 3.05) is 12.4 Å². The summed E-state index contributed by atoms with van der Waals surface area (Å²) in [7, 11) is 1.53. The average Bonchev–Trinajstić information content (AvgIpc) is 3.31. The Morgan fingerprint density at radius 3 is 2.32 bits per heavy atom. The van der Waals surface area contributed by atoms with Crippen LogP contribution in [0.3, 0.4) is 0 Å². The number of rotatable bonds is 5. The maximum absolute atomic E-state index is 13.2. The first-order valence-corrected chi connectivity index (χ1v) is 13.0. The van der Waals surface area contributed by atoms with Crippen molar-refractivity contribution in [1.29, 1.82) is 0 Å². The van der Waals surface area contributed by atoms with Gasteiger partial charge in [0.1, 0.15) is 17.5 Å². The SMILES string of the molecule is COc1ccc(C2c3sc(=O)n(CC(=O)Nc4ccc(C)cc4)c3SC3C(=O)N(C(N)=O)C(=O)C32)cc1. The second kappa shape index (κ2) is 9.52. The van der Waals surface area contributed by atoms with Crippen molar-refractivity contribution in [2.45, 2.75) is 29.7 Å². The van der Waals surface area contributed by atoms with Crippen LogP contribution in [0.4, 0.5) is 10.5 Å². The number of ether oxygens (including phenoxy) is 1. The zero-order valence-electron chi connectivity index (χ0n) is 19.8. The summed E-state index contributed by atoms with van der Waals surface area (Å²) in [4.78, 5) is 64.8. The van der Waals surface area contributed by atoms with Crippen LogP contribution in [-0.2, 0) is 20.9 Å². The third-order valence-electron chi connectivity index (χ3n) is 6.38. The first-order valence-electron chi connectivity index (χ1n) is 11.3. The Balaban J connectivity index is 1.55. The lowest BCUT2D eigenvalue weighted by Crippen LogP contribution is -2.41. The Bertz CT molecular complexity index is 1480. The smallest absolute Gasteiger partial charge is 0.328 e. The number of methoxy groups -OCH3 is 1. The van der Waals surface area contributed by atoms with Gasteiger partial charge in [0.15, 0.2) is 0 Å². The molecule has 10 nitrogen and oxygen atoms in total. The number of nitrogens with zero attached hydrogens (tertiary/aromatic N) is 2. The zero-order chi connectivity index (χ0) is 26.4. The molecule has 0 radical (unpaired) electrons. The number of imide groups is 3. The van der Waals surface area contributed by atoms with Gasteiger partial charge in [0.05, 0.1) is 18.1 Å². The monoisotopic (exact) mass is 538 g/mol. The Morgan fingerprint density at radius 2 is 1.70 bits per heavy atom. The van der Waals surface area contributed by atoms with Gasteiger partial charge in [-0.25, -0.2) is 4.79 Å². The van der Waals surface area contributed by atoms with Crippen LogP contribution >= 0.6 is 23.1 Å². The molecular weight excluding hydrogens is 516 g/mol. The van der Waals surface area contributed by atoms with Crippen LogP contribution in [-0.4, -0.2) is 45.6 Å². The quantitative estimate of drug-likeness (QED) is 0.476. The maximum Gasteiger partial charge on any atom is 0.328 e. The standard InChI is InChI=1S/C25H22N4O6S2/c1-12-3-7-14(8-4-12)27-16(30)11-28-23-20(37-25(28)34)17(13-5-9-15(35-2)10-6-13)18-19(36-23)22(32)29(21(18)31)24(26)33/h3-10,17-19H,11H2,1-2H3,(H2,26,33)(H,27,30). The number of anilines is 1. The number of fused-ring (bicyclic) bond motifs is 2. The van der Waals surface area contributed by atoms with Gasteiger partial charge in [0, 0.05) is 16.5 Å². The van der Waals surface area contributed by atoms with Crippen LogP contribution in [0, 0.1) is 12.8 Å². The van der Waals surface area contributed by atoms with E-state index in [1.54, 1.807) is 36.4 Å². The normalized spacial score (nSPS) is 20.4. The topological polar surface area (TPSA) is 141 Å². The summed E-state index contributed by atoms with van der Waals surface area (Å²) in [5.74, 6) is -2.87. The lowest BCUT2D eigenvalue weighted by Gasteiger charge is -2.30. The number of hydrogen-bond acceptors (Lipinski definition) is 8. The number of aromatic nitrogens is 1. The van der Waals surface area contributed by atoms with Gasteiger partial charge in [-0.3, -0.25) is 23.7 Å². The number of urea groups is 1. The van der Waals surface area contributed by atoms with E-state index in [-0.39, 0.29) is 11.4 Å². The molecule has 0 saturated carbocycles. The fourth-order valence-corrected chi connectivity index (χ4v) is 7.40. The molecule has 1 saturated heterocycles. The van der Waals surface area contributed by atoms with Gasteiger partial charge >= 0.3 is 10.9 Å². The Morgan fingerprint density at radius 1 is 1.03 bits per heavy atom. The second-order valence-corrected chi connectivity index (χ2v) is 10.8. The second-order valence-electron chi connectivity index (χ2n) is 8.70. The predicted molar refractivity (Wildman–Crippen MR) is 138 cm³/mol. The summed E-state index contributed by atoms with van der Waals surface area (Å²) < 4.78 is 6.54. The van der Waals surface area contributed by atoms with Crippen LogP contribution in [0.15, 0.2) is 58.4 Å². The first-order chi connectivity index (χ1) is 17.7. The van der Waals surface area contributed by atoms with E-state index < -0.39 is 40.8 Å². The molecule has 5 amide bonds. The molecule has 2 aromatic carbocycles. The summed E-state index contributed by atoms with van der Waals surface area (Å²) in [6.07, 6.45) is 0. The summed E-state index contributed by atoms with van der Waals surface area (Å²) in [6, 6.07) is 13.0. The van der Waals surface area contributed by atoms with E-state index in [1.807, 2.05) is 19.1 Å². The lowest BCUT2D eigenvalue weighted by molar-refractivity contribution is -0.135. The van der Waals surface area contributed by atoms with Crippen molar-refractivity contribution in [1.82, 2.24) is 9.47 Å². The van der Waals surface area contributed by atoms with Crippen molar-refractivity contribution in [3.8, 4) is 5.75 Å². The van der Waals surface area contributed by atoms with E-state index in [9.17, 15) is 24.0 Å². The average molecular weight is 539 g/mol. The molecule has 3 aromatic rings. The number of amides is 5. The molecule has 1 aromatic heterocycles. The predicted octanol–water partition coefficient (Wildman–Crippen LogP) is 2.54. The van der Waals surface area contributed by atoms with Crippen molar-refractivity contribution in [3.63, 3.8) is 0 Å². The van der Waals surface area contributed by atoms with Gasteiger partial charge in [-0.15, -0.1) is 0 Å². The van der Waals surface area contributed by atoms with Crippen LogP contribution in [0.5, 0.6) is 5.75 Å². The molecule has 1 fully saturated rings. The Hall–Kier alpha value is -3.90. The van der Waals surface area contributed by atoms with E-state index in [2.05, 4.69) is 5.32 Å². The summed E-state index contributed by atoms with van der Waals surface area (Å²) in [5, 5.41) is 2.22. The number of hydrogen-bond donors (Lipinski definition) is 2. The number of carbonyl (C=O) groups is 4. The minimum atomic E-state index is -1.14. The molecule has 37 heavy (non-hydrogen) atoms. The van der Waals surface area contributed by atoms with Crippen LogP contribution < -0.4 is 20.7 Å². The van der Waals surface area contributed by atoms with Crippen molar-refractivity contribution >= 4 is 52.5 Å². The molecule has 2 aliphatic rings. The maximum atomic E-state index is 13.2. The number of likely N-dealkylation sites (tertiary alicyclic amines) is 1. The molecular formula is C25H22N4O6S2. The van der Waals surface area contributed by atoms with E-state index in [4.69, 9.17) is 10.5 Å². The molecule has 0 aliphatic carbocycles. The summed E-state index contributed by atoms with van der Waals surface area (Å²) in [5.41, 5.74) is 7.65. The molecule has 3 N–H and O–H groups in total. The van der Waals surface area contributed by atoms with E-state index in [0.717, 1.165) is 28.7 Å². The number of benzene rings is 2. The molecule has 0 spiro atoms. The molecule has 2 aliphatic heterocycles. The van der Waals surface area contributed by atoms with Gasteiger partial charge in [-0.05, 0) is 36.8 Å². The highest BCUT2D eigenvalue weighted by atomic mass is 32.2. The fraction of sp³-hybridized carbons (Fsp3) is 0.240. The van der Waals surface area contributed by atoms with E-state index in [0.29, 0.717) is 31.8 Å². The van der Waals surface area contributed by atoms with Gasteiger partial charge in [0.25, 0.3) is 5.91 Å². The molecule has 12 heteroatoms. The minimum absolute atomic E-state index is 0.278. The highest BCUT2D eigenvalue weighted by Gasteiger charge is 2.57. The number of aryl methyl sites for hydroxylation is 1. The van der Waals surface area contributed by atoms with Gasteiger partial charge in [-0.1, -0.05) is 52.9 Å². The Kier molecular flexibility index (Phi) is 6.38. The van der Waals surface area contributed by atoms with Crippen LogP contribution in [0.25, 0.3) is 0 Å². The minimum Gasteiger partial charge on any atom is -0.497 e. The Labute approximate surface area is 219 Å². The first kappa shape index (κ1) is 24.8. The fourth-order valence-electron chi connectivity index (χ4n) is 4.62. The number of carbonyl (C=O) groups excluding carboxylic acids is 4. The summed E-state index contributed by atoms with van der Waals surface area (Å²) in [6.45, 7) is 1.65. The molecule has 3 atom stereocenters. The lowest BCUT2D eigenvalue weighted by atomic mass is 9.83. The highest BCUT2D eigenvalue weighted by molar-refractivity contribution is 8.00. The largest absolute Gasteiger partial charge is 0.497 e. The highest BCUT2D eigenvalue weighted by Crippen LogP contribution is 2.53. The molecule has 0 bridgehead atoms. The number of thiazole rings is 1. The number of nitrogens with two attached hydrogens (primary N) is 1. The van der Waals surface area contributed by atoms with Gasteiger partial charge in [0.2, 0.25) is 11.8 Å². The third-order valence-corrected chi connectivity index (χ3v) is 8.99. The van der Waals surface area contributed by atoms with Crippen molar-refractivity contribution in [2.24, 2.45) is 11.7 Å². The molecule has 3 unspecified atom stereocenters. The molecule has 3 heterocycles. The van der Waals surface area contributed by atoms with Crippen LogP contribution in [0.1, 0.15) is 21.9 Å². The van der Waals surface area contributed by atoms with Gasteiger partial charge < -0.3 is 15.8 Å². The third kappa shape index (κ3) is 4.31. The number of thioether (sulfide) groups is 1. The number of primary amides is 1. The van der Waals surface area contributed by atoms with Crippen molar-refractivity contribution in [3.05, 3.63) is 74.2 Å². The van der Waals surface area contributed by atoms with E-state index in [1.165, 1.54) is 11.7 Å². The molecule has 190 valence electrons. The zero-order valence-corrected chi connectivity index (χ0v) is 21.4. The number of nitrogens with one attached hydrogen (secondary N) is 1. The molecule has 5 rings (SSSR count). The van der Waals surface area contributed by atoms with Crippen molar-refractivity contribution < 1.29 is 23.9 Å². The van der Waals surface area contributed by atoms with Crippen LogP contribution in [0.2, 0.25) is 0 Å².